The average Bonchev–Trinajstić information content (AvgIpc) is 2.87. The fourth-order valence-corrected chi connectivity index (χ4v) is 2.70. The summed E-state index contributed by atoms with van der Waals surface area (Å²) in [6.45, 7) is 5.76. The van der Waals surface area contributed by atoms with Crippen LogP contribution in [0.15, 0.2) is 21.6 Å². The van der Waals surface area contributed by atoms with Crippen LogP contribution in [0.5, 0.6) is 0 Å². The Morgan fingerprint density at radius 2 is 2.10 bits per heavy atom. The van der Waals surface area contributed by atoms with Gasteiger partial charge in [-0.2, -0.15) is 0 Å². The normalized spacial score (nSPS) is 13.8. The third-order valence-electron chi connectivity index (χ3n) is 3.35. The molecule has 116 valence electrons. The number of furan rings is 1. The van der Waals surface area contributed by atoms with Crippen molar-refractivity contribution in [1.82, 2.24) is 14.9 Å². The van der Waals surface area contributed by atoms with E-state index in [0.29, 0.717) is 31.4 Å². The number of hydrogen-bond donors (Lipinski definition) is 2. The molecule has 0 aliphatic rings. The highest BCUT2D eigenvalue weighted by atomic mass is 32.2. The minimum absolute atomic E-state index is 0.0334. The molecule has 0 aliphatic heterocycles. The second kappa shape index (κ2) is 7.78. The molecule has 1 aromatic rings. The Hall–Kier alpha value is -0.890. The largest absolute Gasteiger partial charge is 0.447 e. The maximum Gasteiger partial charge on any atom is 0.274 e. The second-order valence-electron chi connectivity index (χ2n) is 4.89. The topological polar surface area (TPSA) is 74.6 Å². The Morgan fingerprint density at radius 3 is 2.70 bits per heavy atom. The van der Waals surface area contributed by atoms with E-state index < -0.39 is 10.0 Å². The maximum absolute atomic E-state index is 12.0. The molecule has 0 aromatic carbocycles. The molecule has 1 unspecified atom stereocenters. The van der Waals surface area contributed by atoms with Gasteiger partial charge in [0, 0.05) is 19.1 Å². The minimum Gasteiger partial charge on any atom is -0.447 e. The van der Waals surface area contributed by atoms with Crippen LogP contribution in [0.25, 0.3) is 0 Å². The zero-order chi connectivity index (χ0) is 15.2. The number of sulfonamides is 1. The molecule has 0 spiro atoms. The summed E-state index contributed by atoms with van der Waals surface area (Å²) in [5, 5.41) is 2.88. The smallest absolute Gasteiger partial charge is 0.274 e. The lowest BCUT2D eigenvalue weighted by Crippen LogP contribution is -2.36. The Balaban J connectivity index is 2.52. The number of nitrogens with one attached hydrogen (secondary N) is 2. The first kappa shape index (κ1) is 17.2. The summed E-state index contributed by atoms with van der Waals surface area (Å²) >= 11 is 0. The van der Waals surface area contributed by atoms with Gasteiger partial charge in [0.2, 0.25) is 5.09 Å². The molecule has 0 saturated heterocycles. The van der Waals surface area contributed by atoms with Crippen LogP contribution in [-0.4, -0.2) is 46.5 Å². The van der Waals surface area contributed by atoms with Crippen molar-refractivity contribution in [2.24, 2.45) is 0 Å². The van der Waals surface area contributed by atoms with Gasteiger partial charge in [0.15, 0.2) is 0 Å². The predicted octanol–water partition coefficient (Wildman–Crippen LogP) is 1.01. The van der Waals surface area contributed by atoms with Gasteiger partial charge in [-0.1, -0.05) is 6.92 Å². The van der Waals surface area contributed by atoms with Crippen LogP contribution in [-0.2, 0) is 16.6 Å². The van der Waals surface area contributed by atoms with Gasteiger partial charge in [-0.3, -0.25) is 0 Å². The van der Waals surface area contributed by atoms with Gasteiger partial charge in [-0.05, 0) is 39.6 Å². The predicted molar refractivity (Wildman–Crippen MR) is 79.0 cm³/mol. The van der Waals surface area contributed by atoms with Crippen LogP contribution in [0.2, 0.25) is 0 Å². The van der Waals surface area contributed by atoms with Gasteiger partial charge in [-0.15, -0.1) is 0 Å². The summed E-state index contributed by atoms with van der Waals surface area (Å²) in [5.41, 5.74) is 0. The lowest BCUT2D eigenvalue weighted by molar-refractivity contribution is 0.256. The molecule has 0 amide bonds. The highest BCUT2D eigenvalue weighted by molar-refractivity contribution is 7.89. The first-order valence-corrected chi connectivity index (χ1v) is 8.32. The first-order chi connectivity index (χ1) is 9.40. The number of nitrogens with zero attached hydrogens (tertiary/aromatic N) is 1. The van der Waals surface area contributed by atoms with Crippen molar-refractivity contribution < 1.29 is 12.8 Å². The standard InChI is InChI=1S/C13H25N3O3S/c1-5-11(2)16(4)9-8-15-20(17,18)13-7-6-12(19-13)10-14-3/h6-7,11,14-15H,5,8-10H2,1-4H3. The highest BCUT2D eigenvalue weighted by Gasteiger charge is 2.18. The molecule has 0 fully saturated rings. The zero-order valence-corrected chi connectivity index (χ0v) is 13.5. The van der Waals surface area contributed by atoms with E-state index >= 15 is 0 Å². The highest BCUT2D eigenvalue weighted by Crippen LogP contribution is 2.13. The third kappa shape index (κ3) is 4.90. The third-order valence-corrected chi connectivity index (χ3v) is 4.69. The average molecular weight is 303 g/mol. The van der Waals surface area contributed by atoms with E-state index in [0.717, 1.165) is 6.42 Å². The summed E-state index contributed by atoms with van der Waals surface area (Å²) in [7, 11) is 0.207. The van der Waals surface area contributed by atoms with E-state index in [1.807, 2.05) is 7.05 Å². The van der Waals surface area contributed by atoms with E-state index in [2.05, 4.69) is 28.8 Å². The van der Waals surface area contributed by atoms with Crippen molar-refractivity contribution in [2.45, 2.75) is 37.9 Å². The maximum atomic E-state index is 12.0. The summed E-state index contributed by atoms with van der Waals surface area (Å²) in [6, 6.07) is 3.58. The van der Waals surface area contributed by atoms with Crippen molar-refractivity contribution in [3.05, 3.63) is 17.9 Å². The lowest BCUT2D eigenvalue weighted by Gasteiger charge is -2.23. The van der Waals surface area contributed by atoms with Crippen molar-refractivity contribution >= 4 is 10.0 Å². The minimum atomic E-state index is -3.56. The van der Waals surface area contributed by atoms with Gasteiger partial charge < -0.3 is 14.6 Å². The van der Waals surface area contributed by atoms with Crippen LogP contribution >= 0.6 is 0 Å². The number of rotatable bonds is 9. The molecule has 1 rings (SSSR count). The van der Waals surface area contributed by atoms with Crippen molar-refractivity contribution in [2.75, 3.05) is 27.2 Å². The molecular formula is C13H25N3O3S. The zero-order valence-electron chi connectivity index (χ0n) is 12.6. The fourth-order valence-electron chi connectivity index (χ4n) is 1.73. The van der Waals surface area contributed by atoms with Crippen LogP contribution in [0.1, 0.15) is 26.0 Å². The molecule has 1 atom stereocenters. The molecule has 20 heavy (non-hydrogen) atoms. The van der Waals surface area contributed by atoms with Crippen molar-refractivity contribution in [3.8, 4) is 0 Å². The Kier molecular flexibility index (Phi) is 6.67. The van der Waals surface area contributed by atoms with Crippen LogP contribution < -0.4 is 10.0 Å². The summed E-state index contributed by atoms with van der Waals surface area (Å²) in [4.78, 5) is 2.12. The van der Waals surface area contributed by atoms with Gasteiger partial charge in [-0.25, -0.2) is 13.1 Å². The van der Waals surface area contributed by atoms with Crippen LogP contribution in [0.3, 0.4) is 0 Å². The molecule has 2 N–H and O–H groups in total. The SMILES string of the molecule is CCC(C)N(C)CCNS(=O)(=O)c1ccc(CNC)o1. The quantitative estimate of drug-likeness (QED) is 0.712. The van der Waals surface area contributed by atoms with Gasteiger partial charge in [0.1, 0.15) is 5.76 Å². The van der Waals surface area contributed by atoms with E-state index in [1.165, 1.54) is 6.07 Å². The molecule has 1 aromatic heterocycles. The van der Waals surface area contributed by atoms with E-state index in [4.69, 9.17) is 4.42 Å². The van der Waals surface area contributed by atoms with E-state index in [1.54, 1.807) is 13.1 Å². The Labute approximate surface area is 121 Å². The summed E-state index contributed by atoms with van der Waals surface area (Å²) in [6.07, 6.45) is 1.04. The Bertz CT molecular complexity index is 499. The van der Waals surface area contributed by atoms with Gasteiger partial charge in [0.05, 0.1) is 6.54 Å². The number of hydrogen-bond acceptors (Lipinski definition) is 5. The Morgan fingerprint density at radius 1 is 1.40 bits per heavy atom. The summed E-state index contributed by atoms with van der Waals surface area (Å²) < 4.78 is 31.9. The molecule has 0 radical (unpaired) electrons. The molecule has 0 bridgehead atoms. The molecule has 6 nitrogen and oxygen atoms in total. The molecule has 0 aliphatic carbocycles. The fraction of sp³-hybridized carbons (Fsp3) is 0.692. The van der Waals surface area contributed by atoms with Gasteiger partial charge >= 0.3 is 0 Å². The second-order valence-corrected chi connectivity index (χ2v) is 6.58. The molecular weight excluding hydrogens is 278 g/mol. The van der Waals surface area contributed by atoms with E-state index in [-0.39, 0.29) is 5.09 Å². The van der Waals surface area contributed by atoms with Crippen molar-refractivity contribution in [3.63, 3.8) is 0 Å². The first-order valence-electron chi connectivity index (χ1n) is 6.84. The number of likely N-dealkylation sites (N-methyl/N-ethyl adjacent to an activating group) is 1. The summed E-state index contributed by atoms with van der Waals surface area (Å²) in [5.74, 6) is 0.601. The monoisotopic (exact) mass is 303 g/mol. The van der Waals surface area contributed by atoms with Gasteiger partial charge in [0.25, 0.3) is 10.0 Å². The van der Waals surface area contributed by atoms with Crippen molar-refractivity contribution in [1.29, 1.82) is 0 Å². The molecule has 7 heteroatoms. The molecule has 1 heterocycles. The van der Waals surface area contributed by atoms with Crippen LogP contribution in [0, 0.1) is 0 Å². The van der Waals surface area contributed by atoms with Crippen LogP contribution in [0.4, 0.5) is 0 Å². The van der Waals surface area contributed by atoms with E-state index in [9.17, 15) is 8.42 Å². The molecule has 0 saturated carbocycles. The lowest BCUT2D eigenvalue weighted by atomic mass is 10.2.